The summed E-state index contributed by atoms with van der Waals surface area (Å²) in [6.07, 6.45) is -4.53. The number of benzene rings is 2. The van der Waals surface area contributed by atoms with Gasteiger partial charge in [-0.3, -0.25) is 14.9 Å². The zero-order chi connectivity index (χ0) is 27.6. The van der Waals surface area contributed by atoms with Gasteiger partial charge in [0.25, 0.3) is 0 Å². The van der Waals surface area contributed by atoms with Gasteiger partial charge in [-0.2, -0.15) is 18.4 Å². The topological polar surface area (TPSA) is 102 Å². The van der Waals surface area contributed by atoms with E-state index in [1.807, 2.05) is 6.07 Å². The van der Waals surface area contributed by atoms with Crippen molar-refractivity contribution in [1.82, 2.24) is 10.6 Å². The summed E-state index contributed by atoms with van der Waals surface area (Å²) in [5.74, 6) is -2.52. The number of carboxylic acid groups (broad SMARTS) is 1. The minimum Gasteiger partial charge on any atom is -0.481 e. The van der Waals surface area contributed by atoms with Crippen LogP contribution in [0.15, 0.2) is 48.5 Å². The SMILES string of the molecule is CC(C(=O)O)c1ccc(-c2ccc([C@H](N[C@@H](CC(C)(C)F)C(=O)NC3(C#N)CC3)C(F)(F)F)cc2)cc1. The lowest BCUT2D eigenvalue weighted by Gasteiger charge is -2.30. The largest absolute Gasteiger partial charge is 0.481 e. The standard InChI is InChI=1S/C27H29F4N3O3/c1-16(24(36)37)17-4-6-18(7-5-17)19-8-10-20(11-9-19)22(27(29,30)31)33-21(14-25(2,3)28)23(35)34-26(15-32)12-13-26/h4-11,16,21-22,33H,12-14H2,1-3H3,(H,34,35)(H,36,37)/t16?,21-,22-/m0/s1. The molecule has 0 heterocycles. The third-order valence-electron chi connectivity index (χ3n) is 6.39. The van der Waals surface area contributed by atoms with Crippen molar-refractivity contribution in [3.63, 3.8) is 0 Å². The number of carbonyl (C=O) groups is 2. The van der Waals surface area contributed by atoms with E-state index in [9.17, 15) is 32.4 Å². The van der Waals surface area contributed by atoms with E-state index in [2.05, 4.69) is 10.6 Å². The molecule has 1 saturated carbocycles. The molecule has 2 aromatic rings. The van der Waals surface area contributed by atoms with Crippen molar-refractivity contribution in [3.8, 4) is 17.2 Å². The second-order valence-corrected chi connectivity index (χ2v) is 10.1. The summed E-state index contributed by atoms with van der Waals surface area (Å²) < 4.78 is 56.7. The van der Waals surface area contributed by atoms with Crippen LogP contribution in [0.4, 0.5) is 17.6 Å². The van der Waals surface area contributed by atoms with E-state index in [1.165, 1.54) is 38.1 Å². The molecule has 3 N–H and O–H groups in total. The third-order valence-corrected chi connectivity index (χ3v) is 6.39. The van der Waals surface area contributed by atoms with Crippen LogP contribution in [0, 0.1) is 11.3 Å². The Morgan fingerprint density at radius 1 is 1.00 bits per heavy atom. The minimum atomic E-state index is -4.79. The second kappa shape index (κ2) is 10.5. The maximum Gasteiger partial charge on any atom is 0.407 e. The van der Waals surface area contributed by atoms with Crippen LogP contribution in [0.5, 0.6) is 0 Å². The molecule has 1 fully saturated rings. The molecule has 0 aliphatic heterocycles. The van der Waals surface area contributed by atoms with E-state index in [4.69, 9.17) is 5.11 Å². The number of amides is 1. The molecule has 2 aromatic carbocycles. The van der Waals surface area contributed by atoms with Crippen LogP contribution in [0.1, 0.15) is 63.1 Å². The van der Waals surface area contributed by atoms with Gasteiger partial charge in [-0.15, -0.1) is 0 Å². The fraction of sp³-hybridized carbons (Fsp3) is 0.444. The number of hydrogen-bond donors (Lipinski definition) is 3. The zero-order valence-electron chi connectivity index (χ0n) is 20.7. The summed E-state index contributed by atoms with van der Waals surface area (Å²) in [7, 11) is 0. The van der Waals surface area contributed by atoms with Crippen molar-refractivity contribution in [2.45, 2.75) is 75.4 Å². The smallest absolute Gasteiger partial charge is 0.407 e. The van der Waals surface area contributed by atoms with Crippen molar-refractivity contribution < 1.29 is 32.3 Å². The maximum absolute atomic E-state index is 14.4. The molecule has 0 bridgehead atoms. The number of rotatable bonds is 10. The number of hydrogen-bond acceptors (Lipinski definition) is 4. The van der Waals surface area contributed by atoms with Crippen molar-refractivity contribution >= 4 is 11.9 Å². The Bertz CT molecular complexity index is 1160. The molecular weight excluding hydrogens is 490 g/mol. The number of nitrogens with zero attached hydrogens (tertiary/aromatic N) is 1. The van der Waals surface area contributed by atoms with Crippen LogP contribution in [-0.4, -0.2) is 40.4 Å². The van der Waals surface area contributed by atoms with Crippen LogP contribution < -0.4 is 10.6 Å². The summed E-state index contributed by atoms with van der Waals surface area (Å²) in [4.78, 5) is 24.0. The van der Waals surface area contributed by atoms with Gasteiger partial charge >= 0.3 is 12.1 Å². The highest BCUT2D eigenvalue weighted by molar-refractivity contribution is 5.83. The molecule has 1 unspecified atom stereocenters. The summed E-state index contributed by atoms with van der Waals surface area (Å²) in [5.41, 5.74) is -1.31. The van der Waals surface area contributed by atoms with Crippen LogP contribution in [0.3, 0.4) is 0 Å². The van der Waals surface area contributed by atoms with Gasteiger partial charge in [-0.1, -0.05) is 48.5 Å². The van der Waals surface area contributed by atoms with Gasteiger partial charge in [0.1, 0.15) is 17.2 Å². The Kier molecular flexibility index (Phi) is 7.98. The van der Waals surface area contributed by atoms with E-state index in [0.29, 0.717) is 29.5 Å². The van der Waals surface area contributed by atoms with Gasteiger partial charge in [0, 0.05) is 6.42 Å². The summed E-state index contributed by atoms with van der Waals surface area (Å²) in [5, 5.41) is 23.1. The Hall–Kier alpha value is -3.45. The Balaban J connectivity index is 1.84. The Morgan fingerprint density at radius 3 is 1.86 bits per heavy atom. The Labute approximate surface area is 212 Å². The normalized spacial score (nSPS) is 17.2. The van der Waals surface area contributed by atoms with E-state index in [1.54, 1.807) is 31.2 Å². The lowest BCUT2D eigenvalue weighted by atomic mass is 9.95. The number of aliphatic carboxylic acids is 1. The molecule has 10 heteroatoms. The second-order valence-electron chi connectivity index (χ2n) is 10.1. The third kappa shape index (κ3) is 7.29. The highest BCUT2D eigenvalue weighted by atomic mass is 19.4. The monoisotopic (exact) mass is 519 g/mol. The molecule has 3 rings (SSSR count). The van der Waals surface area contributed by atoms with Gasteiger partial charge in [-0.05, 0) is 55.9 Å². The number of nitriles is 1. The molecule has 6 nitrogen and oxygen atoms in total. The number of carboxylic acids is 1. The Morgan fingerprint density at radius 2 is 1.49 bits per heavy atom. The van der Waals surface area contributed by atoms with Crippen LogP contribution >= 0.6 is 0 Å². The lowest BCUT2D eigenvalue weighted by molar-refractivity contribution is -0.161. The molecular formula is C27H29F4N3O3. The quantitative estimate of drug-likeness (QED) is 0.364. The maximum atomic E-state index is 14.4. The summed E-state index contributed by atoms with van der Waals surface area (Å²) in [6.45, 7) is 3.90. The van der Waals surface area contributed by atoms with Gasteiger partial charge in [0.15, 0.2) is 0 Å². The predicted molar refractivity (Wildman–Crippen MR) is 129 cm³/mol. The number of halogens is 4. The highest BCUT2D eigenvalue weighted by Crippen LogP contribution is 2.37. The molecule has 1 amide bonds. The first-order valence-electron chi connectivity index (χ1n) is 11.8. The molecule has 0 spiro atoms. The van der Waals surface area contributed by atoms with Gasteiger partial charge in [0.2, 0.25) is 5.91 Å². The molecule has 1 aliphatic carbocycles. The molecule has 37 heavy (non-hydrogen) atoms. The fourth-order valence-electron chi connectivity index (χ4n) is 3.98. The first-order valence-corrected chi connectivity index (χ1v) is 11.8. The average Bonchev–Trinajstić information content (AvgIpc) is 3.59. The van der Waals surface area contributed by atoms with E-state index >= 15 is 0 Å². The molecule has 0 radical (unpaired) electrons. The van der Waals surface area contributed by atoms with Crippen molar-refractivity contribution in [2.24, 2.45) is 0 Å². The fourth-order valence-corrected chi connectivity index (χ4v) is 3.98. The molecule has 0 aromatic heterocycles. The lowest BCUT2D eigenvalue weighted by Crippen LogP contribution is -2.53. The van der Waals surface area contributed by atoms with Crippen molar-refractivity contribution in [2.75, 3.05) is 0 Å². The zero-order valence-corrected chi connectivity index (χ0v) is 20.7. The van der Waals surface area contributed by atoms with Gasteiger partial charge < -0.3 is 10.4 Å². The number of nitrogens with one attached hydrogen (secondary N) is 2. The van der Waals surface area contributed by atoms with Gasteiger partial charge in [0.05, 0.1) is 18.0 Å². The minimum absolute atomic E-state index is 0.164. The highest BCUT2D eigenvalue weighted by Gasteiger charge is 2.48. The van der Waals surface area contributed by atoms with Crippen molar-refractivity contribution in [3.05, 3.63) is 59.7 Å². The summed E-state index contributed by atoms with van der Waals surface area (Å²) in [6, 6.07) is 10.4. The molecule has 3 atom stereocenters. The number of carbonyl (C=O) groups excluding carboxylic acids is 1. The van der Waals surface area contributed by atoms with Crippen molar-refractivity contribution in [1.29, 1.82) is 5.26 Å². The first-order chi connectivity index (χ1) is 17.1. The predicted octanol–water partition coefficient (Wildman–Crippen LogP) is 5.41. The molecule has 1 aliphatic rings. The average molecular weight is 520 g/mol. The van der Waals surface area contributed by atoms with Crippen LogP contribution in [0.25, 0.3) is 11.1 Å². The van der Waals surface area contributed by atoms with Gasteiger partial charge in [-0.25, -0.2) is 4.39 Å². The van der Waals surface area contributed by atoms with E-state index in [-0.39, 0.29) is 5.56 Å². The van der Waals surface area contributed by atoms with E-state index < -0.39 is 53.7 Å². The van der Waals surface area contributed by atoms with Crippen LogP contribution in [0.2, 0.25) is 0 Å². The molecule has 198 valence electrons. The first kappa shape index (κ1) is 28.1. The van der Waals surface area contributed by atoms with E-state index in [0.717, 1.165) is 0 Å². The molecule has 0 saturated heterocycles. The summed E-state index contributed by atoms with van der Waals surface area (Å²) >= 11 is 0. The number of alkyl halides is 4. The van der Waals surface area contributed by atoms with Crippen LogP contribution in [-0.2, 0) is 9.59 Å².